The fourth-order valence-electron chi connectivity index (χ4n) is 5.09. The molecule has 2 bridgehead atoms. The van der Waals surface area contributed by atoms with Crippen molar-refractivity contribution in [1.82, 2.24) is 9.80 Å². The number of piperidine rings is 1. The van der Waals surface area contributed by atoms with E-state index in [2.05, 4.69) is 0 Å². The number of hydrogen-bond acceptors (Lipinski definition) is 4. The van der Waals surface area contributed by atoms with E-state index in [9.17, 15) is 14.4 Å². The van der Waals surface area contributed by atoms with E-state index in [1.165, 1.54) is 18.4 Å². The maximum atomic E-state index is 13.4. The summed E-state index contributed by atoms with van der Waals surface area (Å²) >= 11 is 6.43. The zero-order chi connectivity index (χ0) is 19.9. The van der Waals surface area contributed by atoms with E-state index in [0.29, 0.717) is 16.5 Å². The molecule has 6 nitrogen and oxygen atoms in total. The molecule has 1 aromatic carbocycles. The largest absolute Gasteiger partial charge is 0.383 e. The smallest absolute Gasteiger partial charge is 0.241 e. The van der Waals surface area contributed by atoms with E-state index >= 15 is 0 Å². The Hall–Kier alpha value is -1.92. The van der Waals surface area contributed by atoms with Crippen molar-refractivity contribution >= 4 is 29.3 Å². The van der Waals surface area contributed by atoms with Crippen molar-refractivity contribution in [3.05, 3.63) is 34.9 Å². The average Bonchev–Trinajstić information content (AvgIpc) is 3.36. The Balaban J connectivity index is 1.67. The SMILES string of the molecule is COCCN1C(=O)C[C@@](CC(=O)N2C[C@H]3CC[C@@H]2C3)(c2ccccc2Cl)C1=O. The quantitative estimate of drug-likeness (QED) is 0.683. The average molecular weight is 405 g/mol. The number of likely N-dealkylation sites (tertiary alicyclic amines) is 2. The molecule has 0 spiro atoms. The van der Waals surface area contributed by atoms with Crippen LogP contribution in [0.5, 0.6) is 0 Å². The van der Waals surface area contributed by atoms with Gasteiger partial charge in [0.15, 0.2) is 0 Å². The summed E-state index contributed by atoms with van der Waals surface area (Å²) in [6.07, 6.45) is 3.20. The van der Waals surface area contributed by atoms with Gasteiger partial charge in [0.2, 0.25) is 17.7 Å². The molecule has 28 heavy (non-hydrogen) atoms. The van der Waals surface area contributed by atoms with Crippen LogP contribution in [0.2, 0.25) is 5.02 Å². The molecule has 3 atom stereocenters. The van der Waals surface area contributed by atoms with Gasteiger partial charge in [-0.15, -0.1) is 0 Å². The molecule has 3 amide bonds. The van der Waals surface area contributed by atoms with Gasteiger partial charge < -0.3 is 9.64 Å². The fourth-order valence-corrected chi connectivity index (χ4v) is 5.41. The van der Waals surface area contributed by atoms with E-state index in [1.54, 1.807) is 24.3 Å². The number of methoxy groups -OCH3 is 1. The van der Waals surface area contributed by atoms with Gasteiger partial charge in [0, 0.05) is 37.6 Å². The van der Waals surface area contributed by atoms with Crippen molar-refractivity contribution in [3.63, 3.8) is 0 Å². The third kappa shape index (κ3) is 3.12. The maximum absolute atomic E-state index is 13.4. The van der Waals surface area contributed by atoms with Gasteiger partial charge in [-0.3, -0.25) is 19.3 Å². The van der Waals surface area contributed by atoms with Crippen LogP contribution in [0.25, 0.3) is 0 Å². The number of amides is 3. The standard InChI is InChI=1S/C21H25ClN2O4/c1-28-9-8-23-18(25)11-21(20(23)27,16-4-2-3-5-17(16)22)12-19(26)24-13-14-6-7-15(24)10-14/h2-5,14-15H,6-13H2,1H3/t14-,15+,21+/m0/s1. The van der Waals surface area contributed by atoms with Gasteiger partial charge in [-0.2, -0.15) is 0 Å². The molecular formula is C21H25ClN2O4. The number of halogens is 1. The van der Waals surface area contributed by atoms with E-state index in [4.69, 9.17) is 16.3 Å². The van der Waals surface area contributed by atoms with E-state index < -0.39 is 5.41 Å². The number of carbonyl (C=O) groups excluding carboxylic acids is 3. The lowest BCUT2D eigenvalue weighted by molar-refractivity contribution is -0.143. The number of carbonyl (C=O) groups is 3. The first-order chi connectivity index (χ1) is 13.5. The zero-order valence-electron chi connectivity index (χ0n) is 16.0. The van der Waals surface area contributed by atoms with Crippen LogP contribution < -0.4 is 0 Å². The third-order valence-electron chi connectivity index (χ3n) is 6.50. The lowest BCUT2D eigenvalue weighted by atomic mass is 9.75. The van der Waals surface area contributed by atoms with Gasteiger partial charge in [0.25, 0.3) is 0 Å². The van der Waals surface area contributed by atoms with Crippen LogP contribution in [-0.4, -0.2) is 60.4 Å². The summed E-state index contributed by atoms with van der Waals surface area (Å²) in [5, 5.41) is 0.410. The summed E-state index contributed by atoms with van der Waals surface area (Å²) < 4.78 is 5.05. The summed E-state index contributed by atoms with van der Waals surface area (Å²) in [7, 11) is 1.53. The van der Waals surface area contributed by atoms with Crippen molar-refractivity contribution in [2.24, 2.45) is 5.92 Å². The number of nitrogens with zero attached hydrogens (tertiary/aromatic N) is 2. The van der Waals surface area contributed by atoms with Crippen molar-refractivity contribution in [3.8, 4) is 0 Å². The first-order valence-electron chi connectivity index (χ1n) is 9.84. The number of ether oxygens (including phenoxy) is 1. The Labute approximate surface area is 169 Å². The topological polar surface area (TPSA) is 66.9 Å². The molecule has 3 aliphatic rings. The fraction of sp³-hybridized carbons (Fsp3) is 0.571. The molecule has 0 N–H and O–H groups in total. The lowest BCUT2D eigenvalue weighted by Gasteiger charge is -2.33. The first kappa shape index (κ1) is 19.4. The Morgan fingerprint density at radius 3 is 2.71 bits per heavy atom. The van der Waals surface area contributed by atoms with Gasteiger partial charge in [-0.05, 0) is 36.8 Å². The van der Waals surface area contributed by atoms with Gasteiger partial charge >= 0.3 is 0 Å². The van der Waals surface area contributed by atoms with Crippen LogP contribution in [0.1, 0.15) is 37.7 Å². The maximum Gasteiger partial charge on any atom is 0.241 e. The Morgan fingerprint density at radius 2 is 2.07 bits per heavy atom. The normalized spacial score (nSPS) is 29.2. The number of benzene rings is 1. The second kappa shape index (κ2) is 7.48. The van der Waals surface area contributed by atoms with Crippen molar-refractivity contribution in [2.45, 2.75) is 43.6 Å². The van der Waals surface area contributed by atoms with Crippen molar-refractivity contribution < 1.29 is 19.1 Å². The first-order valence-corrected chi connectivity index (χ1v) is 10.2. The molecule has 2 saturated heterocycles. The third-order valence-corrected chi connectivity index (χ3v) is 6.83. The van der Waals surface area contributed by atoms with Gasteiger partial charge in [-0.1, -0.05) is 29.8 Å². The van der Waals surface area contributed by atoms with E-state index in [0.717, 1.165) is 19.4 Å². The minimum Gasteiger partial charge on any atom is -0.383 e. The minimum atomic E-state index is -1.23. The van der Waals surface area contributed by atoms with Crippen LogP contribution >= 0.6 is 11.6 Å². The van der Waals surface area contributed by atoms with Crippen LogP contribution in [0.3, 0.4) is 0 Å². The highest BCUT2D eigenvalue weighted by atomic mass is 35.5. The molecule has 0 aromatic heterocycles. The van der Waals surface area contributed by atoms with Crippen LogP contribution in [0.4, 0.5) is 0 Å². The highest BCUT2D eigenvalue weighted by Crippen LogP contribution is 2.45. The zero-order valence-corrected chi connectivity index (χ0v) is 16.8. The molecule has 0 unspecified atom stereocenters. The number of fused-ring (bicyclic) bond motifs is 2. The molecular weight excluding hydrogens is 380 g/mol. The van der Waals surface area contributed by atoms with Gasteiger partial charge in [-0.25, -0.2) is 0 Å². The van der Waals surface area contributed by atoms with Gasteiger partial charge in [0.05, 0.1) is 18.6 Å². The summed E-state index contributed by atoms with van der Waals surface area (Å²) in [5.74, 6) is -0.107. The Kier molecular flexibility index (Phi) is 5.19. The molecule has 150 valence electrons. The molecule has 1 aliphatic carbocycles. The number of rotatable bonds is 6. The molecule has 1 saturated carbocycles. The number of hydrogen-bond donors (Lipinski definition) is 0. The Morgan fingerprint density at radius 1 is 1.29 bits per heavy atom. The van der Waals surface area contributed by atoms with Crippen molar-refractivity contribution in [2.75, 3.05) is 26.8 Å². The summed E-state index contributed by atoms with van der Waals surface area (Å²) in [4.78, 5) is 42.5. The predicted molar refractivity (Wildman–Crippen MR) is 104 cm³/mol. The van der Waals surface area contributed by atoms with Crippen LogP contribution in [-0.2, 0) is 24.5 Å². The van der Waals surface area contributed by atoms with E-state index in [-0.39, 0.29) is 49.8 Å². The molecule has 1 aromatic rings. The molecule has 7 heteroatoms. The molecule has 2 aliphatic heterocycles. The molecule has 4 rings (SSSR count). The van der Waals surface area contributed by atoms with Crippen LogP contribution in [0.15, 0.2) is 24.3 Å². The lowest BCUT2D eigenvalue weighted by Crippen LogP contribution is -2.46. The molecule has 0 radical (unpaired) electrons. The Bertz CT molecular complexity index is 813. The second-order valence-electron chi connectivity index (χ2n) is 8.14. The number of imide groups is 1. The van der Waals surface area contributed by atoms with Crippen LogP contribution in [0, 0.1) is 5.92 Å². The monoisotopic (exact) mass is 404 g/mol. The highest BCUT2D eigenvalue weighted by molar-refractivity contribution is 6.32. The summed E-state index contributed by atoms with van der Waals surface area (Å²) in [6, 6.07) is 7.32. The predicted octanol–water partition coefficient (Wildman–Crippen LogP) is 2.38. The van der Waals surface area contributed by atoms with Gasteiger partial charge in [0.1, 0.15) is 0 Å². The van der Waals surface area contributed by atoms with E-state index in [1.807, 2.05) is 4.90 Å². The highest BCUT2D eigenvalue weighted by Gasteiger charge is 2.55. The molecule has 2 heterocycles. The molecule has 3 fully saturated rings. The summed E-state index contributed by atoms with van der Waals surface area (Å²) in [6.45, 7) is 1.21. The van der Waals surface area contributed by atoms with Crippen molar-refractivity contribution in [1.29, 1.82) is 0 Å². The summed E-state index contributed by atoms with van der Waals surface area (Å²) in [5.41, 5.74) is -0.671. The second-order valence-corrected chi connectivity index (χ2v) is 8.55. The minimum absolute atomic E-state index is 0.0198.